The van der Waals surface area contributed by atoms with Crippen LogP contribution in [0, 0.1) is 6.92 Å². The summed E-state index contributed by atoms with van der Waals surface area (Å²) in [5, 5.41) is 16.0. The second-order valence-electron chi connectivity index (χ2n) is 4.51. The number of hydrogen-bond donors (Lipinski definition) is 3. The predicted octanol–water partition coefficient (Wildman–Crippen LogP) is 2.48. The zero-order chi connectivity index (χ0) is 12.3. The molecule has 17 heavy (non-hydrogen) atoms. The Kier molecular flexibility index (Phi) is 4.02. The third kappa shape index (κ3) is 3.71. The Balaban J connectivity index is 1.77. The van der Waals surface area contributed by atoms with Crippen molar-refractivity contribution in [1.82, 2.24) is 5.32 Å². The number of carbonyl (C=O) groups is 1. The van der Waals surface area contributed by atoms with Crippen molar-refractivity contribution >= 4 is 22.4 Å². The summed E-state index contributed by atoms with van der Waals surface area (Å²) in [6, 6.07) is 3.94. The molecule has 0 unspecified atom stereocenters. The fourth-order valence-electron chi connectivity index (χ4n) is 2.06. The summed E-state index contributed by atoms with van der Waals surface area (Å²) in [5.41, 5.74) is 0. The van der Waals surface area contributed by atoms with Crippen LogP contribution in [0.2, 0.25) is 0 Å². The highest BCUT2D eigenvalue weighted by Gasteiger charge is 2.20. The summed E-state index contributed by atoms with van der Waals surface area (Å²) in [6.07, 6.45) is 3.10. The zero-order valence-corrected chi connectivity index (χ0v) is 10.7. The third-order valence-electron chi connectivity index (χ3n) is 3.01. The summed E-state index contributed by atoms with van der Waals surface area (Å²) in [5.74, 6) is 0. The van der Waals surface area contributed by atoms with Crippen LogP contribution >= 0.6 is 11.3 Å². The highest BCUT2D eigenvalue weighted by Crippen LogP contribution is 2.21. The molecule has 2 rings (SSSR count). The van der Waals surface area contributed by atoms with Crippen LogP contribution in [0.25, 0.3) is 0 Å². The first-order valence-corrected chi connectivity index (χ1v) is 6.77. The van der Waals surface area contributed by atoms with Crippen molar-refractivity contribution in [2.45, 2.75) is 44.8 Å². The minimum Gasteiger partial charge on any atom is -0.393 e. The van der Waals surface area contributed by atoms with E-state index >= 15 is 0 Å². The fraction of sp³-hybridized carbons (Fsp3) is 0.583. The van der Waals surface area contributed by atoms with Crippen molar-refractivity contribution in [3.63, 3.8) is 0 Å². The predicted molar refractivity (Wildman–Crippen MR) is 69.5 cm³/mol. The number of aliphatic hydroxyl groups excluding tert-OH is 1. The van der Waals surface area contributed by atoms with Gasteiger partial charge in [-0.05, 0) is 44.7 Å². The molecule has 1 aliphatic rings. The number of urea groups is 1. The molecular formula is C12H18N2O2S. The second kappa shape index (κ2) is 5.51. The van der Waals surface area contributed by atoms with Crippen LogP contribution in [0.4, 0.5) is 9.80 Å². The van der Waals surface area contributed by atoms with E-state index in [1.54, 1.807) is 11.3 Å². The maximum Gasteiger partial charge on any atom is 0.320 e. The monoisotopic (exact) mass is 254 g/mol. The summed E-state index contributed by atoms with van der Waals surface area (Å²) in [6.45, 7) is 2.01. The van der Waals surface area contributed by atoms with E-state index in [2.05, 4.69) is 10.6 Å². The fourth-order valence-corrected chi connectivity index (χ4v) is 2.82. The molecule has 0 aliphatic heterocycles. The van der Waals surface area contributed by atoms with Gasteiger partial charge < -0.3 is 10.4 Å². The number of carbonyl (C=O) groups excluding carboxylic acids is 1. The molecule has 1 aromatic heterocycles. The molecule has 0 radical (unpaired) electrons. The maximum atomic E-state index is 11.7. The van der Waals surface area contributed by atoms with Gasteiger partial charge in [-0.3, -0.25) is 5.32 Å². The van der Waals surface area contributed by atoms with Crippen molar-refractivity contribution in [1.29, 1.82) is 0 Å². The molecule has 1 saturated carbocycles. The first kappa shape index (κ1) is 12.4. The highest BCUT2D eigenvalue weighted by atomic mass is 32.1. The van der Waals surface area contributed by atoms with Gasteiger partial charge in [-0.25, -0.2) is 4.79 Å². The van der Waals surface area contributed by atoms with Gasteiger partial charge >= 0.3 is 6.03 Å². The number of aliphatic hydroxyl groups is 1. The van der Waals surface area contributed by atoms with E-state index < -0.39 is 0 Å². The number of aryl methyl sites for hydroxylation is 1. The largest absolute Gasteiger partial charge is 0.393 e. The number of anilines is 1. The summed E-state index contributed by atoms with van der Waals surface area (Å²) in [4.78, 5) is 12.9. The van der Waals surface area contributed by atoms with Gasteiger partial charge in [0.25, 0.3) is 0 Å². The van der Waals surface area contributed by atoms with E-state index in [-0.39, 0.29) is 18.2 Å². The lowest BCUT2D eigenvalue weighted by molar-refractivity contribution is 0.118. The van der Waals surface area contributed by atoms with Gasteiger partial charge in [0.1, 0.15) is 0 Å². The van der Waals surface area contributed by atoms with Crippen molar-refractivity contribution in [3.8, 4) is 0 Å². The van der Waals surface area contributed by atoms with Crippen molar-refractivity contribution in [3.05, 3.63) is 17.0 Å². The molecule has 2 amide bonds. The number of hydrogen-bond acceptors (Lipinski definition) is 3. The molecule has 0 spiro atoms. The van der Waals surface area contributed by atoms with E-state index in [0.717, 1.165) is 30.7 Å². The van der Waals surface area contributed by atoms with E-state index in [9.17, 15) is 9.90 Å². The average Bonchev–Trinajstić information content (AvgIpc) is 2.67. The molecule has 0 aromatic carbocycles. The van der Waals surface area contributed by atoms with Crippen LogP contribution in [0.15, 0.2) is 12.1 Å². The smallest absolute Gasteiger partial charge is 0.320 e. The Bertz CT molecular complexity index is 384. The van der Waals surface area contributed by atoms with Gasteiger partial charge in [0.2, 0.25) is 0 Å². The summed E-state index contributed by atoms with van der Waals surface area (Å²) in [7, 11) is 0. The molecular weight excluding hydrogens is 236 g/mol. The quantitative estimate of drug-likeness (QED) is 0.759. The number of amides is 2. The van der Waals surface area contributed by atoms with E-state index in [4.69, 9.17) is 0 Å². The summed E-state index contributed by atoms with van der Waals surface area (Å²) < 4.78 is 0. The van der Waals surface area contributed by atoms with Crippen molar-refractivity contribution in [2.24, 2.45) is 0 Å². The third-order valence-corrected chi connectivity index (χ3v) is 3.93. The van der Waals surface area contributed by atoms with Gasteiger partial charge in [-0.15, -0.1) is 11.3 Å². The van der Waals surface area contributed by atoms with E-state index in [1.165, 1.54) is 4.88 Å². The lowest BCUT2D eigenvalue weighted by Gasteiger charge is -2.26. The maximum absolute atomic E-state index is 11.7. The minimum absolute atomic E-state index is 0.145. The van der Waals surface area contributed by atoms with E-state index in [1.807, 2.05) is 19.1 Å². The van der Waals surface area contributed by atoms with Crippen LogP contribution in [-0.2, 0) is 0 Å². The SMILES string of the molecule is Cc1ccc(NC(=O)NC2CCC(O)CC2)s1. The van der Waals surface area contributed by atoms with Crippen LogP contribution in [0.5, 0.6) is 0 Å². The number of thiophene rings is 1. The van der Waals surface area contributed by atoms with E-state index in [0.29, 0.717) is 0 Å². The molecule has 4 nitrogen and oxygen atoms in total. The lowest BCUT2D eigenvalue weighted by Crippen LogP contribution is -2.40. The summed E-state index contributed by atoms with van der Waals surface area (Å²) >= 11 is 1.57. The van der Waals surface area contributed by atoms with Crippen LogP contribution in [0.1, 0.15) is 30.6 Å². The van der Waals surface area contributed by atoms with Gasteiger partial charge in [0, 0.05) is 10.9 Å². The Labute approximate surface area is 105 Å². The molecule has 0 saturated heterocycles. The number of rotatable bonds is 2. The second-order valence-corrected chi connectivity index (χ2v) is 5.80. The molecule has 0 bridgehead atoms. The zero-order valence-electron chi connectivity index (χ0n) is 9.90. The standard InChI is InChI=1S/C12H18N2O2S/c1-8-2-7-11(17-8)14-12(16)13-9-3-5-10(15)6-4-9/h2,7,9-10,15H,3-6H2,1H3,(H2,13,14,16). The normalized spacial score (nSPS) is 24.4. The molecule has 94 valence electrons. The lowest BCUT2D eigenvalue weighted by atomic mass is 9.93. The van der Waals surface area contributed by atoms with Crippen LogP contribution in [0.3, 0.4) is 0 Å². The first-order valence-electron chi connectivity index (χ1n) is 5.95. The Morgan fingerprint density at radius 1 is 1.35 bits per heavy atom. The molecule has 0 atom stereocenters. The molecule has 1 fully saturated rings. The molecule has 5 heteroatoms. The van der Waals surface area contributed by atoms with Crippen molar-refractivity contribution < 1.29 is 9.90 Å². The molecule has 3 N–H and O–H groups in total. The Hall–Kier alpha value is -1.07. The Morgan fingerprint density at radius 3 is 2.65 bits per heavy atom. The molecule has 1 aromatic rings. The van der Waals surface area contributed by atoms with Crippen molar-refractivity contribution in [2.75, 3.05) is 5.32 Å². The Morgan fingerprint density at radius 2 is 2.06 bits per heavy atom. The minimum atomic E-state index is -0.184. The van der Waals surface area contributed by atoms with Crippen LogP contribution in [-0.4, -0.2) is 23.3 Å². The van der Waals surface area contributed by atoms with Gasteiger partial charge in [0.05, 0.1) is 11.1 Å². The van der Waals surface area contributed by atoms with Gasteiger partial charge in [0.15, 0.2) is 0 Å². The van der Waals surface area contributed by atoms with Gasteiger partial charge in [-0.2, -0.15) is 0 Å². The molecule has 1 aliphatic carbocycles. The van der Waals surface area contributed by atoms with Gasteiger partial charge in [-0.1, -0.05) is 0 Å². The number of nitrogens with one attached hydrogen (secondary N) is 2. The van der Waals surface area contributed by atoms with Crippen LogP contribution < -0.4 is 10.6 Å². The average molecular weight is 254 g/mol. The first-order chi connectivity index (χ1) is 8.13. The molecule has 1 heterocycles. The highest BCUT2D eigenvalue weighted by molar-refractivity contribution is 7.16. The topological polar surface area (TPSA) is 61.4 Å².